The topological polar surface area (TPSA) is 58.6 Å². The van der Waals surface area contributed by atoms with Crippen molar-refractivity contribution in [3.8, 4) is 0 Å². The normalized spacial score (nSPS) is 12.8. The molecule has 4 heteroatoms. The number of amides is 1. The Balaban J connectivity index is 2.21. The largest absolute Gasteiger partial charge is 0.445 e. The molecule has 0 saturated carbocycles. The molecule has 0 fully saturated rings. The summed E-state index contributed by atoms with van der Waals surface area (Å²) in [4.78, 5) is 11.4. The number of benzene rings is 1. The summed E-state index contributed by atoms with van der Waals surface area (Å²) in [6.45, 7) is 6.59. The first-order valence-corrected chi connectivity index (χ1v) is 6.49. The lowest BCUT2D eigenvalue weighted by Crippen LogP contribution is -2.34. The van der Waals surface area contributed by atoms with Crippen LogP contribution in [0.5, 0.6) is 0 Å². The second-order valence-corrected chi connectivity index (χ2v) is 5.86. The Labute approximate surface area is 114 Å². The van der Waals surface area contributed by atoms with Crippen LogP contribution in [0, 0.1) is 5.41 Å². The summed E-state index contributed by atoms with van der Waals surface area (Å²) in [6, 6.07) is 9.48. The molecule has 1 aromatic carbocycles. The number of aliphatic hydroxyl groups excluding tert-OH is 1. The van der Waals surface area contributed by atoms with Gasteiger partial charge in [0.05, 0.1) is 6.10 Å². The highest BCUT2D eigenvalue weighted by molar-refractivity contribution is 5.67. The van der Waals surface area contributed by atoms with E-state index < -0.39 is 12.2 Å². The van der Waals surface area contributed by atoms with Gasteiger partial charge >= 0.3 is 6.09 Å². The smallest absolute Gasteiger partial charge is 0.407 e. The van der Waals surface area contributed by atoms with Crippen molar-refractivity contribution < 1.29 is 14.6 Å². The average Bonchev–Trinajstić information content (AvgIpc) is 2.33. The van der Waals surface area contributed by atoms with Crippen LogP contribution in [0.2, 0.25) is 0 Å². The molecule has 19 heavy (non-hydrogen) atoms. The predicted octanol–water partition coefficient (Wildman–Crippen LogP) is 2.71. The van der Waals surface area contributed by atoms with Crippen molar-refractivity contribution in [1.82, 2.24) is 5.32 Å². The predicted molar refractivity (Wildman–Crippen MR) is 74.7 cm³/mol. The zero-order valence-electron chi connectivity index (χ0n) is 11.8. The minimum absolute atomic E-state index is 0.0367. The molecule has 1 aromatic rings. The van der Waals surface area contributed by atoms with E-state index in [2.05, 4.69) is 5.32 Å². The van der Waals surface area contributed by atoms with Gasteiger partial charge in [0.25, 0.3) is 0 Å². The number of ether oxygens (including phenoxy) is 1. The minimum atomic E-state index is -0.552. The summed E-state index contributed by atoms with van der Waals surface area (Å²) in [5.74, 6) is 0. The fraction of sp³-hybridized carbons (Fsp3) is 0.533. The van der Waals surface area contributed by atoms with Gasteiger partial charge < -0.3 is 15.2 Å². The molecule has 0 aliphatic heterocycles. The molecular formula is C15H23NO3. The lowest BCUT2D eigenvalue weighted by Gasteiger charge is -2.22. The van der Waals surface area contributed by atoms with Crippen LogP contribution < -0.4 is 5.32 Å². The van der Waals surface area contributed by atoms with Crippen molar-refractivity contribution in [2.45, 2.75) is 39.9 Å². The third-order valence-corrected chi connectivity index (χ3v) is 2.54. The molecular weight excluding hydrogens is 242 g/mol. The molecule has 0 aliphatic carbocycles. The molecule has 0 saturated heterocycles. The van der Waals surface area contributed by atoms with E-state index in [9.17, 15) is 9.90 Å². The van der Waals surface area contributed by atoms with Crippen LogP contribution in [0.25, 0.3) is 0 Å². The quantitative estimate of drug-likeness (QED) is 0.860. The van der Waals surface area contributed by atoms with Gasteiger partial charge in [0.1, 0.15) is 6.61 Å². The van der Waals surface area contributed by atoms with Gasteiger partial charge in [0.15, 0.2) is 0 Å². The molecule has 0 heterocycles. The van der Waals surface area contributed by atoms with Gasteiger partial charge in [0.2, 0.25) is 0 Å². The molecule has 1 atom stereocenters. The van der Waals surface area contributed by atoms with Crippen LogP contribution in [0.4, 0.5) is 4.79 Å². The average molecular weight is 265 g/mol. The number of hydrogen-bond acceptors (Lipinski definition) is 3. The van der Waals surface area contributed by atoms with E-state index in [-0.39, 0.29) is 18.6 Å². The van der Waals surface area contributed by atoms with E-state index in [1.165, 1.54) is 0 Å². The van der Waals surface area contributed by atoms with Gasteiger partial charge in [-0.3, -0.25) is 0 Å². The van der Waals surface area contributed by atoms with E-state index in [1.54, 1.807) is 0 Å². The van der Waals surface area contributed by atoms with Crippen molar-refractivity contribution in [2.75, 3.05) is 6.54 Å². The maximum Gasteiger partial charge on any atom is 0.407 e. The second-order valence-electron chi connectivity index (χ2n) is 5.86. The van der Waals surface area contributed by atoms with E-state index in [0.29, 0.717) is 6.42 Å². The number of carbonyl (C=O) groups excluding carboxylic acids is 1. The van der Waals surface area contributed by atoms with E-state index >= 15 is 0 Å². The molecule has 0 aliphatic rings. The van der Waals surface area contributed by atoms with E-state index in [1.807, 2.05) is 51.1 Å². The van der Waals surface area contributed by atoms with E-state index in [0.717, 1.165) is 5.56 Å². The third kappa shape index (κ3) is 7.47. The molecule has 0 bridgehead atoms. The van der Waals surface area contributed by atoms with Gasteiger partial charge in [-0.25, -0.2) is 4.79 Å². The highest BCUT2D eigenvalue weighted by Crippen LogP contribution is 2.20. The Kier molecular flexibility index (Phi) is 5.83. The summed E-state index contributed by atoms with van der Waals surface area (Å²) >= 11 is 0. The summed E-state index contributed by atoms with van der Waals surface area (Å²) in [5, 5.41) is 12.3. The van der Waals surface area contributed by atoms with Gasteiger partial charge in [0, 0.05) is 6.54 Å². The molecule has 0 radical (unpaired) electrons. The zero-order valence-corrected chi connectivity index (χ0v) is 11.8. The molecule has 2 N–H and O–H groups in total. The number of carbonyl (C=O) groups is 1. The lowest BCUT2D eigenvalue weighted by molar-refractivity contribution is 0.105. The molecule has 1 unspecified atom stereocenters. The molecule has 1 rings (SSSR count). The van der Waals surface area contributed by atoms with Crippen molar-refractivity contribution >= 4 is 6.09 Å². The molecule has 0 spiro atoms. The molecule has 4 nitrogen and oxygen atoms in total. The highest BCUT2D eigenvalue weighted by atomic mass is 16.5. The van der Waals surface area contributed by atoms with Crippen molar-refractivity contribution in [3.63, 3.8) is 0 Å². The molecule has 1 amide bonds. The van der Waals surface area contributed by atoms with Crippen molar-refractivity contribution in [1.29, 1.82) is 0 Å². The van der Waals surface area contributed by atoms with E-state index in [4.69, 9.17) is 4.74 Å². The summed E-state index contributed by atoms with van der Waals surface area (Å²) in [5.41, 5.74) is 0.975. The maximum atomic E-state index is 11.4. The van der Waals surface area contributed by atoms with Gasteiger partial charge in [-0.05, 0) is 17.4 Å². The number of nitrogens with one attached hydrogen (secondary N) is 1. The van der Waals surface area contributed by atoms with Crippen LogP contribution in [0.1, 0.15) is 32.8 Å². The Morgan fingerprint density at radius 2 is 1.95 bits per heavy atom. The van der Waals surface area contributed by atoms with Gasteiger partial charge in [-0.15, -0.1) is 0 Å². The first-order chi connectivity index (χ1) is 8.87. The second kappa shape index (κ2) is 7.14. The molecule has 106 valence electrons. The summed E-state index contributed by atoms with van der Waals surface area (Å²) in [7, 11) is 0. The van der Waals surface area contributed by atoms with Crippen molar-refractivity contribution in [3.05, 3.63) is 35.9 Å². The van der Waals surface area contributed by atoms with Crippen LogP contribution in [-0.2, 0) is 11.3 Å². The molecule has 0 aromatic heterocycles. The fourth-order valence-electron chi connectivity index (χ4n) is 1.75. The standard InChI is InChI=1S/C15H23NO3/c1-15(2,3)9-13(17)10-16-14(18)19-11-12-7-5-4-6-8-12/h4-8,13,17H,9-11H2,1-3H3,(H,16,18). The van der Waals surface area contributed by atoms with Crippen molar-refractivity contribution in [2.24, 2.45) is 5.41 Å². The Hall–Kier alpha value is -1.55. The maximum absolute atomic E-state index is 11.4. The number of hydrogen-bond donors (Lipinski definition) is 2. The SMILES string of the molecule is CC(C)(C)CC(O)CNC(=O)OCc1ccccc1. The first kappa shape index (κ1) is 15.5. The number of alkyl carbamates (subject to hydrolysis) is 1. The number of rotatable bonds is 5. The summed E-state index contributed by atoms with van der Waals surface area (Å²) in [6.07, 6.45) is -0.424. The first-order valence-electron chi connectivity index (χ1n) is 6.49. The fourth-order valence-corrected chi connectivity index (χ4v) is 1.75. The van der Waals surface area contributed by atoms with Crippen LogP contribution in [0.15, 0.2) is 30.3 Å². The van der Waals surface area contributed by atoms with Gasteiger partial charge in [-0.2, -0.15) is 0 Å². The Bertz CT molecular complexity index is 384. The third-order valence-electron chi connectivity index (χ3n) is 2.54. The Morgan fingerprint density at radius 1 is 1.32 bits per heavy atom. The number of aliphatic hydroxyl groups is 1. The highest BCUT2D eigenvalue weighted by Gasteiger charge is 2.17. The van der Waals surface area contributed by atoms with Crippen LogP contribution in [0.3, 0.4) is 0 Å². The minimum Gasteiger partial charge on any atom is -0.445 e. The summed E-state index contributed by atoms with van der Waals surface area (Å²) < 4.78 is 5.05. The van der Waals surface area contributed by atoms with Crippen LogP contribution in [-0.4, -0.2) is 23.8 Å². The Morgan fingerprint density at radius 3 is 2.53 bits per heavy atom. The monoisotopic (exact) mass is 265 g/mol. The van der Waals surface area contributed by atoms with Gasteiger partial charge in [-0.1, -0.05) is 51.1 Å². The van der Waals surface area contributed by atoms with Crippen LogP contribution >= 0.6 is 0 Å². The zero-order chi connectivity index (χ0) is 14.3. The lowest BCUT2D eigenvalue weighted by atomic mass is 9.89.